The molecule has 0 heterocycles. The molecule has 0 spiro atoms. The summed E-state index contributed by atoms with van der Waals surface area (Å²) in [6, 6.07) is 12.9. The van der Waals surface area contributed by atoms with E-state index in [1.807, 2.05) is 30.3 Å². The van der Waals surface area contributed by atoms with Crippen LogP contribution in [0.25, 0.3) is 0 Å². The first-order valence-corrected chi connectivity index (χ1v) is 3.60. The van der Waals surface area contributed by atoms with E-state index in [2.05, 4.69) is 5.92 Å². The molecule has 2 nitrogen and oxygen atoms in total. The van der Waals surface area contributed by atoms with Gasteiger partial charge in [0.15, 0.2) is 0 Å². The monoisotopic (exact) mass is 168 g/mol. The Kier molecular flexibility index (Phi) is 6.51. The van der Waals surface area contributed by atoms with Gasteiger partial charge < -0.3 is 0 Å². The highest BCUT2D eigenvalue weighted by Gasteiger charge is 1.76. The van der Waals surface area contributed by atoms with Gasteiger partial charge in [-0.25, -0.2) is 0 Å². The minimum atomic E-state index is 0. The normalized spacial score (nSPS) is 6.54. The number of benzene rings is 1. The molecule has 0 fully saturated rings. The number of nitriles is 2. The summed E-state index contributed by atoms with van der Waals surface area (Å²) in [7, 11) is 0. The average Bonchev–Trinajstić information content (AvgIpc) is 2.21. The maximum absolute atomic E-state index is 7.59. The van der Waals surface area contributed by atoms with Gasteiger partial charge in [0.05, 0.1) is 12.1 Å². The Hall–Kier alpha value is -2.24. The fourth-order valence-corrected chi connectivity index (χ4v) is 0.570. The largest absolute Gasteiger partial charge is 0.197 e. The third-order valence-electron chi connectivity index (χ3n) is 1.10. The van der Waals surface area contributed by atoms with Crippen LogP contribution in [0.2, 0.25) is 0 Å². The summed E-state index contributed by atoms with van der Waals surface area (Å²) in [5.74, 6) is 2.53. The first kappa shape index (κ1) is 10.8. The Balaban J connectivity index is 0.000000252. The molecule has 1 rings (SSSR count). The molecule has 1 aromatic carbocycles. The van der Waals surface area contributed by atoms with Crippen molar-refractivity contribution in [1.29, 1.82) is 10.5 Å². The molecule has 0 aliphatic rings. The number of rotatable bonds is 0. The van der Waals surface area contributed by atoms with E-state index in [-0.39, 0.29) is 6.42 Å². The molecule has 62 valence electrons. The van der Waals surface area contributed by atoms with Gasteiger partial charge in [0, 0.05) is 5.56 Å². The Morgan fingerprint density at radius 2 is 1.62 bits per heavy atom. The van der Waals surface area contributed by atoms with Gasteiger partial charge in [-0.05, 0) is 12.1 Å². The SMILES string of the molecule is C#Cc1ccccc1.N#CCC#N. The summed E-state index contributed by atoms with van der Waals surface area (Å²) < 4.78 is 0. The fourth-order valence-electron chi connectivity index (χ4n) is 0.570. The van der Waals surface area contributed by atoms with Crippen molar-refractivity contribution in [3.8, 4) is 24.5 Å². The third kappa shape index (κ3) is 6.17. The lowest BCUT2D eigenvalue weighted by molar-refractivity contribution is 1.33. The zero-order chi connectivity index (χ0) is 9.94. The second-order valence-corrected chi connectivity index (χ2v) is 2.00. The van der Waals surface area contributed by atoms with Crippen molar-refractivity contribution < 1.29 is 0 Å². The molecule has 0 N–H and O–H groups in total. The van der Waals surface area contributed by atoms with Crippen molar-refractivity contribution >= 4 is 0 Å². The van der Waals surface area contributed by atoms with E-state index >= 15 is 0 Å². The van der Waals surface area contributed by atoms with E-state index in [0.29, 0.717) is 0 Å². The van der Waals surface area contributed by atoms with Gasteiger partial charge in [0.1, 0.15) is 6.42 Å². The summed E-state index contributed by atoms with van der Waals surface area (Å²) >= 11 is 0. The van der Waals surface area contributed by atoms with Crippen molar-refractivity contribution in [3.63, 3.8) is 0 Å². The lowest BCUT2D eigenvalue weighted by Crippen LogP contribution is -1.66. The van der Waals surface area contributed by atoms with Crippen LogP contribution in [0.5, 0.6) is 0 Å². The van der Waals surface area contributed by atoms with Crippen LogP contribution in [-0.2, 0) is 0 Å². The summed E-state index contributed by atoms with van der Waals surface area (Å²) in [6.07, 6.45) is 5.10. The highest BCUT2D eigenvalue weighted by Crippen LogP contribution is 1.92. The van der Waals surface area contributed by atoms with Crippen LogP contribution in [-0.4, -0.2) is 0 Å². The minimum absolute atomic E-state index is 0. The maximum atomic E-state index is 7.59. The summed E-state index contributed by atoms with van der Waals surface area (Å²) in [4.78, 5) is 0. The fraction of sp³-hybridized carbons (Fsp3) is 0.0909. The van der Waals surface area contributed by atoms with Gasteiger partial charge in [0.25, 0.3) is 0 Å². The van der Waals surface area contributed by atoms with Gasteiger partial charge in [-0.1, -0.05) is 24.1 Å². The minimum Gasteiger partial charge on any atom is -0.197 e. The number of hydrogen-bond donors (Lipinski definition) is 0. The van der Waals surface area contributed by atoms with Crippen molar-refractivity contribution in [2.75, 3.05) is 0 Å². The highest BCUT2D eigenvalue weighted by molar-refractivity contribution is 5.30. The predicted octanol–water partition coefficient (Wildman–Crippen LogP) is 2.09. The van der Waals surface area contributed by atoms with Gasteiger partial charge in [-0.15, -0.1) is 6.42 Å². The van der Waals surface area contributed by atoms with Crippen LogP contribution in [0.3, 0.4) is 0 Å². The average molecular weight is 168 g/mol. The van der Waals surface area contributed by atoms with E-state index < -0.39 is 0 Å². The molecule has 0 radical (unpaired) electrons. The van der Waals surface area contributed by atoms with Gasteiger partial charge in [-0.3, -0.25) is 0 Å². The summed E-state index contributed by atoms with van der Waals surface area (Å²) in [6.45, 7) is 0. The molecule has 0 saturated heterocycles. The topological polar surface area (TPSA) is 47.6 Å². The zero-order valence-corrected chi connectivity index (χ0v) is 7.07. The Morgan fingerprint density at radius 1 is 1.08 bits per heavy atom. The second kappa shape index (κ2) is 7.86. The molecule has 0 amide bonds. The molecular formula is C11H8N2. The Bertz CT molecular complexity index is 334. The highest BCUT2D eigenvalue weighted by atomic mass is 14.3. The molecule has 0 unspecified atom stereocenters. The van der Waals surface area contributed by atoms with Crippen molar-refractivity contribution in [1.82, 2.24) is 0 Å². The van der Waals surface area contributed by atoms with Gasteiger partial charge >= 0.3 is 0 Å². The van der Waals surface area contributed by atoms with Crippen LogP contribution in [0.4, 0.5) is 0 Å². The molecule has 1 aromatic rings. The Morgan fingerprint density at radius 3 is 1.85 bits per heavy atom. The third-order valence-corrected chi connectivity index (χ3v) is 1.10. The molecule has 0 bridgehead atoms. The lowest BCUT2D eigenvalue weighted by Gasteiger charge is -1.82. The molecule has 0 aliphatic carbocycles. The van der Waals surface area contributed by atoms with Crippen LogP contribution < -0.4 is 0 Å². The molecule has 0 aromatic heterocycles. The van der Waals surface area contributed by atoms with Crippen molar-refractivity contribution in [2.24, 2.45) is 0 Å². The summed E-state index contributed by atoms with van der Waals surface area (Å²) in [5, 5.41) is 15.2. The van der Waals surface area contributed by atoms with Gasteiger partial charge in [-0.2, -0.15) is 10.5 Å². The van der Waals surface area contributed by atoms with E-state index in [9.17, 15) is 0 Å². The van der Waals surface area contributed by atoms with E-state index in [4.69, 9.17) is 16.9 Å². The maximum Gasteiger partial charge on any atom is 0.122 e. The van der Waals surface area contributed by atoms with Crippen LogP contribution >= 0.6 is 0 Å². The van der Waals surface area contributed by atoms with Crippen LogP contribution in [0, 0.1) is 35.0 Å². The lowest BCUT2D eigenvalue weighted by atomic mass is 10.2. The first-order chi connectivity index (χ1) is 6.35. The zero-order valence-electron chi connectivity index (χ0n) is 7.07. The Labute approximate surface area is 78.0 Å². The second-order valence-electron chi connectivity index (χ2n) is 2.00. The number of nitrogens with zero attached hydrogens (tertiary/aromatic N) is 2. The molecule has 0 atom stereocenters. The van der Waals surface area contributed by atoms with E-state index in [0.717, 1.165) is 5.56 Å². The molecule has 0 saturated carbocycles. The first-order valence-electron chi connectivity index (χ1n) is 3.60. The van der Waals surface area contributed by atoms with Gasteiger partial charge in [0.2, 0.25) is 0 Å². The molecule has 0 aliphatic heterocycles. The molecule has 13 heavy (non-hydrogen) atoms. The molecular weight excluding hydrogens is 160 g/mol. The number of hydrogen-bond acceptors (Lipinski definition) is 2. The van der Waals surface area contributed by atoms with Crippen LogP contribution in [0.15, 0.2) is 30.3 Å². The molecule has 2 heteroatoms. The standard InChI is InChI=1S/C8H6.C3H2N2/c1-2-8-6-4-3-5-7-8;4-2-1-3-5/h1,3-7H;1H2. The quantitative estimate of drug-likeness (QED) is 0.557. The van der Waals surface area contributed by atoms with E-state index in [1.165, 1.54) is 0 Å². The number of terminal acetylenes is 1. The smallest absolute Gasteiger partial charge is 0.122 e. The predicted molar refractivity (Wildman–Crippen MR) is 50.2 cm³/mol. The van der Waals surface area contributed by atoms with Crippen LogP contribution in [0.1, 0.15) is 12.0 Å². The van der Waals surface area contributed by atoms with E-state index in [1.54, 1.807) is 12.1 Å². The van der Waals surface area contributed by atoms with Crippen molar-refractivity contribution in [2.45, 2.75) is 6.42 Å². The van der Waals surface area contributed by atoms with Crippen molar-refractivity contribution in [3.05, 3.63) is 35.9 Å². The summed E-state index contributed by atoms with van der Waals surface area (Å²) in [5.41, 5.74) is 0.938.